The van der Waals surface area contributed by atoms with Crippen molar-refractivity contribution in [1.82, 2.24) is 4.57 Å². The van der Waals surface area contributed by atoms with Crippen LogP contribution in [0.1, 0.15) is 12.5 Å². The van der Waals surface area contributed by atoms with Crippen molar-refractivity contribution in [3.63, 3.8) is 0 Å². The van der Waals surface area contributed by atoms with Gasteiger partial charge in [-0.3, -0.25) is 14.9 Å². The minimum absolute atomic E-state index is 0.0552. The topological polar surface area (TPSA) is 77.5 Å². The zero-order valence-corrected chi connectivity index (χ0v) is 14.6. The summed E-state index contributed by atoms with van der Waals surface area (Å²) in [6.07, 6.45) is 2.70. The standard InChI is InChI=1S/C18H14FN3O3S/c1-2-21-17-14(19)7-4-8-15(17)26-18(21)20-16(23)10-9-12-5-3-6-13(11-12)22(24)25/h3-11H,2H2,1H3. The molecule has 0 fully saturated rings. The van der Waals surface area contributed by atoms with Crippen LogP contribution in [0.4, 0.5) is 10.1 Å². The molecular weight excluding hydrogens is 357 g/mol. The normalized spacial score (nSPS) is 12.2. The van der Waals surface area contributed by atoms with Crippen molar-refractivity contribution in [2.45, 2.75) is 13.5 Å². The molecule has 6 nitrogen and oxygen atoms in total. The number of benzene rings is 2. The van der Waals surface area contributed by atoms with Crippen molar-refractivity contribution in [3.8, 4) is 0 Å². The molecule has 1 heterocycles. The minimum Gasteiger partial charge on any atom is -0.314 e. The summed E-state index contributed by atoms with van der Waals surface area (Å²) in [6, 6.07) is 10.7. The Morgan fingerprint density at radius 3 is 2.85 bits per heavy atom. The lowest BCUT2D eigenvalue weighted by Gasteiger charge is -2.00. The van der Waals surface area contributed by atoms with E-state index < -0.39 is 10.8 Å². The molecule has 1 amide bonds. The summed E-state index contributed by atoms with van der Waals surface area (Å²) in [4.78, 5) is 26.9. The van der Waals surface area contributed by atoms with Crippen molar-refractivity contribution >= 4 is 39.2 Å². The lowest BCUT2D eigenvalue weighted by Crippen LogP contribution is -2.15. The van der Waals surface area contributed by atoms with Crippen LogP contribution in [0.25, 0.3) is 16.3 Å². The monoisotopic (exact) mass is 371 g/mol. The Balaban J connectivity index is 1.94. The van der Waals surface area contributed by atoms with E-state index in [2.05, 4.69) is 4.99 Å². The predicted molar refractivity (Wildman–Crippen MR) is 98.1 cm³/mol. The van der Waals surface area contributed by atoms with Gasteiger partial charge < -0.3 is 4.57 Å². The van der Waals surface area contributed by atoms with E-state index >= 15 is 0 Å². The van der Waals surface area contributed by atoms with Crippen LogP contribution in [0.3, 0.4) is 0 Å². The van der Waals surface area contributed by atoms with E-state index in [1.165, 1.54) is 41.7 Å². The number of halogens is 1. The Morgan fingerprint density at radius 1 is 1.35 bits per heavy atom. The van der Waals surface area contributed by atoms with Crippen LogP contribution < -0.4 is 4.80 Å². The lowest BCUT2D eigenvalue weighted by molar-refractivity contribution is -0.384. The van der Waals surface area contributed by atoms with Crippen LogP contribution in [0.2, 0.25) is 0 Å². The Labute approximate surface area is 151 Å². The molecule has 0 aliphatic carbocycles. The van der Waals surface area contributed by atoms with E-state index in [9.17, 15) is 19.3 Å². The van der Waals surface area contributed by atoms with Crippen molar-refractivity contribution in [1.29, 1.82) is 0 Å². The highest BCUT2D eigenvalue weighted by molar-refractivity contribution is 7.16. The Hall–Kier alpha value is -3.13. The van der Waals surface area contributed by atoms with E-state index in [0.29, 0.717) is 27.1 Å². The van der Waals surface area contributed by atoms with Gasteiger partial charge in [-0.05, 0) is 30.7 Å². The number of hydrogen-bond donors (Lipinski definition) is 0. The van der Waals surface area contributed by atoms with Crippen molar-refractivity contribution in [3.05, 3.63) is 74.8 Å². The van der Waals surface area contributed by atoms with Crippen LogP contribution in [0.15, 0.2) is 53.5 Å². The zero-order valence-electron chi connectivity index (χ0n) is 13.8. The molecule has 0 saturated carbocycles. The smallest absolute Gasteiger partial charge is 0.272 e. The van der Waals surface area contributed by atoms with E-state index in [1.807, 2.05) is 6.92 Å². The number of nitro benzene ring substituents is 1. The molecule has 0 atom stereocenters. The van der Waals surface area contributed by atoms with Crippen molar-refractivity contribution in [2.75, 3.05) is 0 Å². The maximum Gasteiger partial charge on any atom is 0.272 e. The highest BCUT2D eigenvalue weighted by Crippen LogP contribution is 2.20. The molecule has 0 radical (unpaired) electrons. The first kappa shape index (κ1) is 17.7. The largest absolute Gasteiger partial charge is 0.314 e. The quantitative estimate of drug-likeness (QED) is 0.396. The Kier molecular flexibility index (Phi) is 5.04. The number of amides is 1. The van der Waals surface area contributed by atoms with Crippen LogP contribution in [0, 0.1) is 15.9 Å². The van der Waals surface area contributed by atoms with Gasteiger partial charge in [-0.1, -0.05) is 29.5 Å². The summed E-state index contributed by atoms with van der Waals surface area (Å²) in [7, 11) is 0. The summed E-state index contributed by atoms with van der Waals surface area (Å²) < 4.78 is 16.4. The van der Waals surface area contributed by atoms with E-state index in [-0.39, 0.29) is 11.5 Å². The number of carbonyl (C=O) groups excluding carboxylic acids is 1. The average Bonchev–Trinajstić information content (AvgIpc) is 2.98. The highest BCUT2D eigenvalue weighted by Gasteiger charge is 2.10. The maximum atomic E-state index is 14.0. The number of carbonyl (C=O) groups is 1. The van der Waals surface area contributed by atoms with Crippen LogP contribution >= 0.6 is 11.3 Å². The van der Waals surface area contributed by atoms with Gasteiger partial charge in [-0.2, -0.15) is 4.99 Å². The number of non-ortho nitro benzene ring substituents is 1. The second kappa shape index (κ2) is 7.40. The van der Waals surface area contributed by atoms with Gasteiger partial charge in [0, 0.05) is 24.8 Å². The van der Waals surface area contributed by atoms with Gasteiger partial charge in [0.05, 0.1) is 15.1 Å². The molecule has 3 aromatic rings. The first-order valence-corrected chi connectivity index (χ1v) is 8.60. The van der Waals surface area contributed by atoms with Gasteiger partial charge in [0.2, 0.25) is 0 Å². The fourth-order valence-corrected chi connectivity index (χ4v) is 3.62. The van der Waals surface area contributed by atoms with Gasteiger partial charge >= 0.3 is 0 Å². The van der Waals surface area contributed by atoms with Crippen LogP contribution in [-0.2, 0) is 11.3 Å². The summed E-state index contributed by atoms with van der Waals surface area (Å²) in [5.74, 6) is -0.882. The number of aryl methyl sites for hydroxylation is 1. The number of rotatable bonds is 4. The number of aromatic nitrogens is 1. The first-order chi connectivity index (χ1) is 12.5. The Morgan fingerprint density at radius 2 is 2.12 bits per heavy atom. The number of hydrogen-bond acceptors (Lipinski definition) is 4. The molecule has 0 aliphatic heterocycles. The molecular formula is C18H14FN3O3S. The minimum atomic E-state index is -0.523. The highest BCUT2D eigenvalue weighted by atomic mass is 32.1. The van der Waals surface area contributed by atoms with Crippen LogP contribution in [0.5, 0.6) is 0 Å². The summed E-state index contributed by atoms with van der Waals surface area (Å²) in [5, 5.41) is 10.8. The second-order valence-corrected chi connectivity index (χ2v) is 6.36. The van der Waals surface area contributed by atoms with Gasteiger partial charge in [-0.25, -0.2) is 4.39 Å². The fraction of sp³-hybridized carbons (Fsp3) is 0.111. The molecule has 1 aromatic heterocycles. The fourth-order valence-electron chi connectivity index (χ4n) is 2.51. The third kappa shape index (κ3) is 3.60. The van der Waals surface area contributed by atoms with Gasteiger partial charge in [0.25, 0.3) is 11.6 Å². The van der Waals surface area contributed by atoms with Gasteiger partial charge in [-0.15, -0.1) is 0 Å². The molecule has 2 aromatic carbocycles. The Bertz CT molecular complexity index is 1100. The molecule has 0 spiro atoms. The maximum absolute atomic E-state index is 14.0. The zero-order chi connectivity index (χ0) is 18.7. The molecule has 8 heteroatoms. The third-order valence-corrected chi connectivity index (χ3v) is 4.72. The SMILES string of the molecule is CCn1c(=NC(=O)C=Cc2cccc([N+](=O)[O-])c2)sc2cccc(F)c21. The second-order valence-electron chi connectivity index (χ2n) is 5.35. The van der Waals surface area contributed by atoms with Crippen LogP contribution in [-0.4, -0.2) is 15.4 Å². The lowest BCUT2D eigenvalue weighted by atomic mass is 10.2. The van der Waals surface area contributed by atoms with E-state index in [1.54, 1.807) is 28.8 Å². The third-order valence-electron chi connectivity index (χ3n) is 3.67. The molecule has 132 valence electrons. The van der Waals surface area contributed by atoms with Gasteiger partial charge in [0.15, 0.2) is 4.80 Å². The number of thiazole rings is 1. The molecule has 0 bridgehead atoms. The molecule has 0 aliphatic rings. The van der Waals surface area contributed by atoms with Crippen molar-refractivity contribution in [2.24, 2.45) is 4.99 Å². The molecule has 0 saturated heterocycles. The van der Waals surface area contributed by atoms with Gasteiger partial charge in [0.1, 0.15) is 5.82 Å². The molecule has 0 unspecified atom stereocenters. The van der Waals surface area contributed by atoms with Crippen molar-refractivity contribution < 1.29 is 14.1 Å². The molecule has 3 rings (SSSR count). The first-order valence-electron chi connectivity index (χ1n) is 7.78. The number of fused-ring (bicyclic) bond motifs is 1. The summed E-state index contributed by atoms with van der Waals surface area (Å²) in [6.45, 7) is 2.32. The molecule has 0 N–H and O–H groups in total. The van der Waals surface area contributed by atoms with E-state index in [0.717, 1.165) is 0 Å². The van der Waals surface area contributed by atoms with E-state index in [4.69, 9.17) is 0 Å². The summed E-state index contributed by atoms with van der Waals surface area (Å²) in [5.41, 5.74) is 0.892. The predicted octanol–water partition coefficient (Wildman–Crippen LogP) is 3.91. The summed E-state index contributed by atoms with van der Waals surface area (Å²) >= 11 is 1.23. The molecule has 26 heavy (non-hydrogen) atoms. The number of para-hydroxylation sites is 1. The number of nitro groups is 1. The number of nitrogens with zero attached hydrogens (tertiary/aromatic N) is 3. The average molecular weight is 371 g/mol.